The third-order valence-electron chi connectivity index (χ3n) is 2.74. The van der Waals surface area contributed by atoms with Crippen LogP contribution in [0.5, 0.6) is 0 Å². The molecule has 0 aromatic carbocycles. The Hall–Kier alpha value is -0.570. The van der Waals surface area contributed by atoms with Gasteiger partial charge in [-0.15, -0.1) is 11.3 Å². The monoisotopic (exact) mass is 224 g/mol. The quantitative estimate of drug-likeness (QED) is 0.712. The summed E-state index contributed by atoms with van der Waals surface area (Å²) >= 11 is 1.76. The number of nitrogens with one attached hydrogen (secondary N) is 1. The zero-order valence-corrected chi connectivity index (χ0v) is 10.3. The lowest BCUT2D eigenvalue weighted by atomic mass is 10.1. The molecule has 84 valence electrons. The van der Waals surface area contributed by atoms with Gasteiger partial charge in [0.25, 0.3) is 0 Å². The van der Waals surface area contributed by atoms with Crippen LogP contribution >= 0.6 is 11.3 Å². The van der Waals surface area contributed by atoms with Crippen molar-refractivity contribution in [1.29, 1.82) is 0 Å². The highest BCUT2D eigenvalue weighted by molar-refractivity contribution is 7.13. The van der Waals surface area contributed by atoms with E-state index in [2.05, 4.69) is 22.6 Å². The molecule has 1 heterocycles. The summed E-state index contributed by atoms with van der Waals surface area (Å²) in [4.78, 5) is 4.60. The first kappa shape index (κ1) is 10.9. The lowest BCUT2D eigenvalue weighted by molar-refractivity contribution is 0.662. The van der Waals surface area contributed by atoms with Crippen LogP contribution in [0.4, 0.5) is 5.13 Å². The maximum absolute atomic E-state index is 4.60. The molecule has 0 unspecified atom stereocenters. The van der Waals surface area contributed by atoms with Gasteiger partial charge < -0.3 is 5.32 Å². The third-order valence-corrected chi connectivity index (χ3v) is 3.57. The maximum Gasteiger partial charge on any atom is 0.183 e. The molecule has 1 aromatic heterocycles. The normalized spacial score (nSPS) is 15.5. The van der Waals surface area contributed by atoms with E-state index in [0.717, 1.165) is 17.6 Å². The van der Waals surface area contributed by atoms with Gasteiger partial charge in [0, 0.05) is 11.4 Å². The number of thiazole rings is 1. The van der Waals surface area contributed by atoms with Gasteiger partial charge in [-0.05, 0) is 25.7 Å². The van der Waals surface area contributed by atoms with Crippen molar-refractivity contribution in [1.82, 2.24) is 4.98 Å². The van der Waals surface area contributed by atoms with Crippen molar-refractivity contribution >= 4 is 16.5 Å². The molecule has 1 aliphatic rings. The fourth-order valence-electron chi connectivity index (χ4n) is 1.62. The Morgan fingerprint density at radius 1 is 1.40 bits per heavy atom. The lowest BCUT2D eigenvalue weighted by Crippen LogP contribution is -2.00. The molecule has 1 fully saturated rings. The average Bonchev–Trinajstić information content (AvgIpc) is 2.93. The molecule has 0 saturated heterocycles. The van der Waals surface area contributed by atoms with E-state index < -0.39 is 0 Å². The Balaban J connectivity index is 1.69. The number of anilines is 1. The Morgan fingerprint density at radius 3 is 3.00 bits per heavy atom. The fourth-order valence-corrected chi connectivity index (χ4v) is 2.45. The van der Waals surface area contributed by atoms with Gasteiger partial charge in [0.15, 0.2) is 5.13 Å². The van der Waals surface area contributed by atoms with Gasteiger partial charge in [0.2, 0.25) is 0 Å². The summed E-state index contributed by atoms with van der Waals surface area (Å²) in [6.45, 7) is 2.25. The molecule has 3 heteroatoms. The second-order valence-corrected chi connectivity index (χ2v) is 5.23. The number of hydrogen-bond donors (Lipinski definition) is 1. The van der Waals surface area contributed by atoms with E-state index in [-0.39, 0.29) is 0 Å². The van der Waals surface area contributed by atoms with Crippen molar-refractivity contribution in [2.75, 3.05) is 5.32 Å². The molecule has 1 N–H and O–H groups in total. The summed E-state index contributed by atoms with van der Waals surface area (Å²) in [6.07, 6.45) is 9.11. The topological polar surface area (TPSA) is 24.9 Å². The van der Waals surface area contributed by atoms with Crippen molar-refractivity contribution in [3.05, 3.63) is 11.1 Å². The van der Waals surface area contributed by atoms with E-state index in [4.69, 9.17) is 0 Å². The minimum Gasteiger partial charge on any atom is -0.359 e. The minimum absolute atomic E-state index is 0.726. The third kappa shape index (κ3) is 3.82. The number of aryl methyl sites for hydroxylation is 1. The molecule has 2 rings (SSSR count). The number of nitrogens with zero attached hydrogens (tertiary/aromatic N) is 1. The summed E-state index contributed by atoms with van der Waals surface area (Å²) in [5, 5.41) is 6.78. The van der Waals surface area contributed by atoms with Gasteiger partial charge in [0.05, 0.1) is 5.69 Å². The van der Waals surface area contributed by atoms with Crippen LogP contribution in [0.3, 0.4) is 0 Å². The Morgan fingerprint density at radius 2 is 2.27 bits per heavy atom. The molecule has 0 spiro atoms. The highest BCUT2D eigenvalue weighted by atomic mass is 32.1. The predicted molar refractivity (Wildman–Crippen MR) is 66.6 cm³/mol. The standard InChI is InChI=1S/C12H20N2S/c1-2-3-4-5-6-11-9-15-12(14-11)13-10-7-8-10/h9-10H,2-8H2,1H3,(H,13,14). The molecule has 1 saturated carbocycles. The molecule has 1 aliphatic carbocycles. The lowest BCUT2D eigenvalue weighted by Gasteiger charge is -1.98. The molecule has 0 atom stereocenters. The number of unbranched alkanes of at least 4 members (excludes halogenated alkanes) is 3. The molecule has 2 nitrogen and oxygen atoms in total. The fraction of sp³-hybridized carbons (Fsp3) is 0.750. The summed E-state index contributed by atoms with van der Waals surface area (Å²) in [6, 6.07) is 0.726. The first-order valence-corrected chi connectivity index (χ1v) is 6.97. The van der Waals surface area contributed by atoms with Crippen molar-refractivity contribution < 1.29 is 0 Å². The zero-order valence-electron chi connectivity index (χ0n) is 9.46. The van der Waals surface area contributed by atoms with Gasteiger partial charge in [0.1, 0.15) is 0 Å². The molecule has 0 aliphatic heterocycles. The van der Waals surface area contributed by atoms with Crippen LogP contribution in [0.2, 0.25) is 0 Å². The van der Waals surface area contributed by atoms with E-state index in [9.17, 15) is 0 Å². The zero-order chi connectivity index (χ0) is 10.5. The molecule has 15 heavy (non-hydrogen) atoms. The first-order chi connectivity index (χ1) is 7.38. The molecule has 0 radical (unpaired) electrons. The summed E-state index contributed by atoms with van der Waals surface area (Å²) in [5.41, 5.74) is 1.28. The highest BCUT2D eigenvalue weighted by Crippen LogP contribution is 2.26. The Bertz CT molecular complexity index is 292. The summed E-state index contributed by atoms with van der Waals surface area (Å²) in [7, 11) is 0. The molecular weight excluding hydrogens is 204 g/mol. The van der Waals surface area contributed by atoms with Crippen molar-refractivity contribution in [2.24, 2.45) is 0 Å². The van der Waals surface area contributed by atoms with Gasteiger partial charge in [-0.25, -0.2) is 4.98 Å². The van der Waals surface area contributed by atoms with Gasteiger partial charge in [-0.3, -0.25) is 0 Å². The van der Waals surface area contributed by atoms with Crippen LogP contribution in [-0.2, 0) is 6.42 Å². The van der Waals surface area contributed by atoms with Crippen molar-refractivity contribution in [2.45, 2.75) is 57.9 Å². The van der Waals surface area contributed by atoms with Gasteiger partial charge >= 0.3 is 0 Å². The van der Waals surface area contributed by atoms with Gasteiger partial charge in [-0.2, -0.15) is 0 Å². The summed E-state index contributed by atoms with van der Waals surface area (Å²) < 4.78 is 0. The largest absolute Gasteiger partial charge is 0.359 e. The number of aromatic nitrogens is 1. The number of hydrogen-bond acceptors (Lipinski definition) is 3. The Labute approximate surface area is 96.1 Å². The van der Waals surface area contributed by atoms with Crippen LogP contribution in [-0.4, -0.2) is 11.0 Å². The smallest absolute Gasteiger partial charge is 0.183 e. The average molecular weight is 224 g/mol. The predicted octanol–water partition coefficient (Wildman–Crippen LogP) is 3.84. The van der Waals surface area contributed by atoms with Crippen molar-refractivity contribution in [3.8, 4) is 0 Å². The van der Waals surface area contributed by atoms with Crippen molar-refractivity contribution in [3.63, 3.8) is 0 Å². The Kier molecular flexibility index (Phi) is 4.01. The SMILES string of the molecule is CCCCCCc1csc(NC2CC2)n1. The second-order valence-electron chi connectivity index (χ2n) is 4.37. The van der Waals surface area contributed by atoms with Crippen LogP contribution in [0, 0.1) is 0 Å². The maximum atomic E-state index is 4.60. The van der Waals surface area contributed by atoms with E-state index in [1.807, 2.05) is 0 Å². The summed E-state index contributed by atoms with van der Waals surface area (Å²) in [5.74, 6) is 0. The van der Waals surface area contributed by atoms with Crippen LogP contribution in [0.15, 0.2) is 5.38 Å². The van der Waals surface area contributed by atoms with Gasteiger partial charge in [-0.1, -0.05) is 26.2 Å². The number of rotatable bonds is 7. The van der Waals surface area contributed by atoms with Crippen LogP contribution < -0.4 is 5.32 Å². The minimum atomic E-state index is 0.726. The van der Waals surface area contributed by atoms with E-state index in [1.165, 1.54) is 44.2 Å². The van der Waals surface area contributed by atoms with E-state index in [1.54, 1.807) is 11.3 Å². The molecule has 0 bridgehead atoms. The van der Waals surface area contributed by atoms with Crippen LogP contribution in [0.1, 0.15) is 51.1 Å². The highest BCUT2D eigenvalue weighted by Gasteiger charge is 2.21. The molecule has 1 aromatic rings. The first-order valence-electron chi connectivity index (χ1n) is 6.09. The second kappa shape index (κ2) is 5.50. The van der Waals surface area contributed by atoms with E-state index in [0.29, 0.717) is 0 Å². The van der Waals surface area contributed by atoms with E-state index >= 15 is 0 Å². The van der Waals surface area contributed by atoms with Crippen LogP contribution in [0.25, 0.3) is 0 Å². The molecule has 0 amide bonds. The molecular formula is C12H20N2S.